The highest BCUT2D eigenvalue weighted by Crippen LogP contribution is 2.35. The van der Waals surface area contributed by atoms with E-state index in [-0.39, 0.29) is 67.1 Å². The van der Waals surface area contributed by atoms with E-state index < -0.39 is 84.2 Å². The molecule has 1 saturated heterocycles. The van der Waals surface area contributed by atoms with Crippen molar-refractivity contribution in [2.24, 2.45) is 5.73 Å². The molecular formula is C51H53N3O19. The number of rotatable bonds is 15. The first-order valence-corrected chi connectivity index (χ1v) is 22.3. The second-order valence-electron chi connectivity index (χ2n) is 16.8. The van der Waals surface area contributed by atoms with Gasteiger partial charge in [-0.1, -0.05) is 91.0 Å². The van der Waals surface area contributed by atoms with Crippen molar-refractivity contribution in [2.45, 2.75) is 36.4 Å². The molecule has 3 aliphatic heterocycles. The van der Waals surface area contributed by atoms with Gasteiger partial charge in [-0.2, -0.15) is 0 Å². The number of hydrogen-bond acceptors (Lipinski definition) is 19. The van der Waals surface area contributed by atoms with Gasteiger partial charge in [0.2, 0.25) is 22.0 Å². The molecule has 1 fully saturated rings. The van der Waals surface area contributed by atoms with Crippen molar-refractivity contribution in [1.82, 2.24) is 9.13 Å². The van der Waals surface area contributed by atoms with Crippen molar-refractivity contribution in [3.8, 4) is 17.2 Å². The number of aliphatic hydroxyl groups excluding tert-OH is 5. The van der Waals surface area contributed by atoms with E-state index in [1.807, 2.05) is 91.0 Å². The highest BCUT2D eigenvalue weighted by atomic mass is 16.6. The number of nitrogens with zero attached hydrogens (tertiary/aromatic N) is 2. The predicted octanol–water partition coefficient (Wildman–Crippen LogP) is 1.18. The fourth-order valence-corrected chi connectivity index (χ4v) is 7.05. The van der Waals surface area contributed by atoms with Gasteiger partial charge < -0.3 is 78.3 Å². The van der Waals surface area contributed by atoms with E-state index in [1.54, 1.807) is 10.8 Å². The van der Waals surface area contributed by atoms with Gasteiger partial charge in [0, 0.05) is 30.6 Å². The number of carboxylic acid groups (broad SMARTS) is 1. The van der Waals surface area contributed by atoms with Crippen LogP contribution in [0.25, 0.3) is 0 Å². The van der Waals surface area contributed by atoms with Crippen molar-refractivity contribution >= 4 is 17.9 Å². The van der Waals surface area contributed by atoms with E-state index in [0.29, 0.717) is 13.2 Å². The molecular weight excluding hydrogens is 959 g/mol. The molecule has 73 heavy (non-hydrogen) atoms. The lowest BCUT2D eigenvalue weighted by atomic mass is 9.95. The van der Waals surface area contributed by atoms with Gasteiger partial charge in [-0.3, -0.25) is 14.4 Å². The summed E-state index contributed by atoms with van der Waals surface area (Å²) in [6.07, 6.45) is 4.01. The SMILES string of the molecule is NC(CO)(CO)CO.O=C(O)c1occc(=O)c1OCc1ccccc1.O=C1OCC(CO)(CO)n2ccc(=O)c(OCc3ccccc3)c21.O=C1OCC2(COC2)n2ccc(=O)c(OCc3ccccc3)c21. The molecule has 0 saturated carbocycles. The molecule has 9 rings (SSSR count). The predicted molar refractivity (Wildman–Crippen MR) is 255 cm³/mol. The fourth-order valence-electron chi connectivity index (χ4n) is 7.05. The molecule has 0 bridgehead atoms. The Labute approximate surface area is 415 Å². The number of carbonyl (C=O) groups excluding carboxylic acids is 2. The molecule has 22 heteroatoms. The van der Waals surface area contributed by atoms with Gasteiger partial charge in [0.05, 0.1) is 58.1 Å². The first-order chi connectivity index (χ1) is 35.2. The van der Waals surface area contributed by atoms with Crippen LogP contribution in [0.5, 0.6) is 17.2 Å². The Morgan fingerprint density at radius 1 is 0.562 bits per heavy atom. The maximum atomic E-state index is 12.2. The van der Waals surface area contributed by atoms with Gasteiger partial charge in [-0.25, -0.2) is 14.4 Å². The summed E-state index contributed by atoms with van der Waals surface area (Å²) in [5, 5.41) is 53.2. The molecule has 6 heterocycles. The Bertz CT molecular complexity index is 2980. The molecule has 0 amide bonds. The zero-order valence-corrected chi connectivity index (χ0v) is 39.1. The van der Waals surface area contributed by atoms with Crippen LogP contribution in [0, 0.1) is 0 Å². The highest BCUT2D eigenvalue weighted by Gasteiger charge is 2.48. The third-order valence-electron chi connectivity index (χ3n) is 11.4. The summed E-state index contributed by atoms with van der Waals surface area (Å²) in [5.41, 5.74) is 3.63. The topological polar surface area (TPSA) is 328 Å². The summed E-state index contributed by atoms with van der Waals surface area (Å²) in [5.74, 6) is -3.50. The van der Waals surface area contributed by atoms with E-state index in [2.05, 4.69) is 0 Å². The van der Waals surface area contributed by atoms with Crippen LogP contribution >= 0.6 is 0 Å². The number of benzene rings is 3. The Morgan fingerprint density at radius 2 is 0.973 bits per heavy atom. The van der Waals surface area contributed by atoms with Crippen LogP contribution in [0.15, 0.2) is 147 Å². The number of aromatic nitrogens is 2. The summed E-state index contributed by atoms with van der Waals surface area (Å²) in [4.78, 5) is 71.1. The standard InChI is InChI=1S/C17H17NO6.C17H15NO5.C13H10O5.C4H11NO3/c19-9-17(10-20)11-24-16(22)14-15(13(21)6-7-18(14)17)23-8-12-4-2-1-3-5-12;19-13-6-7-18-14(16(20)23-11-17(18)9-21-10-17)15(13)22-8-12-4-2-1-3-5-12;14-10-6-7-17-12(13(15)16)11(10)18-8-9-4-2-1-3-5-9;5-4(1-6,2-7)3-8/h1-7,19-20H,8-11H2;1-7H,8-11H2;1-7H,8H2,(H,15,16);6-8H,1-3,5H2. The second kappa shape index (κ2) is 24.9. The minimum absolute atomic E-state index is 0.0346. The van der Waals surface area contributed by atoms with Gasteiger partial charge in [0.15, 0.2) is 22.9 Å². The van der Waals surface area contributed by atoms with E-state index >= 15 is 0 Å². The summed E-state index contributed by atoms with van der Waals surface area (Å²) >= 11 is 0. The summed E-state index contributed by atoms with van der Waals surface area (Å²) in [6.45, 7) is -0.726. The molecule has 22 nitrogen and oxygen atoms in total. The van der Waals surface area contributed by atoms with E-state index in [1.165, 1.54) is 22.9 Å². The van der Waals surface area contributed by atoms with Gasteiger partial charge in [0.25, 0.3) is 5.76 Å². The molecule has 0 unspecified atom stereocenters. The lowest BCUT2D eigenvalue weighted by Gasteiger charge is -2.46. The molecule has 0 radical (unpaired) electrons. The smallest absolute Gasteiger partial charge is 0.375 e. The first kappa shape index (κ1) is 54.4. The number of hydrogen-bond donors (Lipinski definition) is 7. The normalized spacial score (nSPS) is 14.5. The third kappa shape index (κ3) is 12.9. The average Bonchev–Trinajstić information content (AvgIpc) is 3.41. The van der Waals surface area contributed by atoms with E-state index in [4.69, 9.17) is 59.0 Å². The van der Waals surface area contributed by atoms with Crippen molar-refractivity contribution < 1.29 is 77.9 Å². The molecule has 3 aromatic heterocycles. The molecule has 3 aromatic carbocycles. The summed E-state index contributed by atoms with van der Waals surface area (Å²) in [7, 11) is 0. The van der Waals surface area contributed by atoms with Gasteiger partial charge in [-0.05, 0) is 16.7 Å². The quantitative estimate of drug-likeness (QED) is 0.0710. The van der Waals surface area contributed by atoms with Crippen molar-refractivity contribution in [2.75, 3.05) is 59.5 Å². The molecule has 386 valence electrons. The van der Waals surface area contributed by atoms with E-state index in [0.717, 1.165) is 29.0 Å². The number of carbonyl (C=O) groups is 3. The van der Waals surface area contributed by atoms with Crippen molar-refractivity contribution in [3.05, 3.63) is 192 Å². The maximum Gasteiger partial charge on any atom is 0.375 e. The minimum Gasteiger partial charge on any atom is -0.482 e. The van der Waals surface area contributed by atoms with Crippen LogP contribution in [-0.2, 0) is 45.1 Å². The van der Waals surface area contributed by atoms with Crippen LogP contribution in [0.2, 0.25) is 0 Å². The van der Waals surface area contributed by atoms with Crippen LogP contribution in [-0.4, -0.2) is 123 Å². The summed E-state index contributed by atoms with van der Waals surface area (Å²) < 4.78 is 40.0. The van der Waals surface area contributed by atoms with Crippen LogP contribution in [0.1, 0.15) is 48.2 Å². The Morgan fingerprint density at radius 3 is 1.37 bits per heavy atom. The monoisotopic (exact) mass is 1010 g/mol. The number of esters is 2. The lowest BCUT2D eigenvalue weighted by Crippen LogP contribution is -2.59. The molecule has 1 spiro atoms. The van der Waals surface area contributed by atoms with Gasteiger partial charge >= 0.3 is 17.9 Å². The maximum absolute atomic E-state index is 12.2. The minimum atomic E-state index is -1.34. The molecule has 0 aliphatic carbocycles. The van der Waals surface area contributed by atoms with Crippen LogP contribution in [0.4, 0.5) is 0 Å². The largest absolute Gasteiger partial charge is 0.482 e. The number of ether oxygens (including phenoxy) is 6. The molecule has 3 aliphatic rings. The number of pyridine rings is 2. The highest BCUT2D eigenvalue weighted by molar-refractivity contribution is 5.92. The summed E-state index contributed by atoms with van der Waals surface area (Å²) in [6, 6.07) is 31.6. The Kier molecular flexibility index (Phi) is 18.6. The van der Waals surface area contributed by atoms with Crippen LogP contribution in [0.3, 0.4) is 0 Å². The molecule has 8 N–H and O–H groups in total. The average molecular weight is 1010 g/mol. The number of aromatic carboxylic acids is 1. The zero-order valence-electron chi connectivity index (χ0n) is 39.1. The molecule has 6 aromatic rings. The number of carboxylic acids is 1. The fraction of sp³-hybridized carbons (Fsp3) is 0.294. The third-order valence-corrected chi connectivity index (χ3v) is 11.4. The van der Waals surface area contributed by atoms with Crippen molar-refractivity contribution in [3.63, 3.8) is 0 Å². The zero-order chi connectivity index (χ0) is 52.6. The van der Waals surface area contributed by atoms with E-state index in [9.17, 15) is 39.0 Å². The molecule has 0 atom stereocenters. The van der Waals surface area contributed by atoms with Gasteiger partial charge in [-0.15, -0.1) is 0 Å². The second-order valence-corrected chi connectivity index (χ2v) is 16.8. The lowest BCUT2D eigenvalue weighted by molar-refractivity contribution is -0.136. The number of nitrogens with two attached hydrogens (primary N) is 1. The number of cyclic esters (lactones) is 2. The van der Waals surface area contributed by atoms with Crippen molar-refractivity contribution in [1.29, 1.82) is 0 Å². The number of aliphatic hydroxyl groups is 5. The Hall–Kier alpha value is -7.96. The van der Waals surface area contributed by atoms with Gasteiger partial charge in [0.1, 0.15) is 44.1 Å². The van der Waals surface area contributed by atoms with Crippen LogP contribution < -0.4 is 36.2 Å². The Balaban J connectivity index is 0.000000168. The first-order valence-electron chi connectivity index (χ1n) is 22.3. The number of fused-ring (bicyclic) bond motifs is 3.